The quantitative estimate of drug-likeness (QED) is 0.662. The molecule has 0 radical (unpaired) electrons. The standard InChI is InChI=1S/C19H14FN3OS/c1-24-17-8-2-13(3-9-17)18-12-25-19(23-18)14(10-21)11-22-16-6-4-15(20)5-7-16/h2-9,11-12,22H,1H3/b14-11+. The molecule has 0 atom stereocenters. The lowest BCUT2D eigenvalue weighted by atomic mass is 10.2. The molecule has 0 spiro atoms. The SMILES string of the molecule is COc1ccc(-c2csc(/C(C#N)=C/Nc3ccc(F)cc3)n2)cc1. The molecule has 124 valence electrons. The van der Waals surface area contributed by atoms with Crippen LogP contribution in [0.3, 0.4) is 0 Å². The fourth-order valence-corrected chi connectivity index (χ4v) is 2.93. The van der Waals surface area contributed by atoms with Gasteiger partial charge >= 0.3 is 0 Å². The summed E-state index contributed by atoms with van der Waals surface area (Å²) in [5.41, 5.74) is 2.85. The topological polar surface area (TPSA) is 57.9 Å². The van der Waals surface area contributed by atoms with Gasteiger partial charge in [-0.3, -0.25) is 0 Å². The Balaban J connectivity index is 1.79. The minimum atomic E-state index is -0.306. The van der Waals surface area contributed by atoms with Crippen molar-refractivity contribution in [2.45, 2.75) is 0 Å². The largest absolute Gasteiger partial charge is 0.497 e. The summed E-state index contributed by atoms with van der Waals surface area (Å²) in [6.07, 6.45) is 1.57. The number of nitriles is 1. The minimum absolute atomic E-state index is 0.306. The van der Waals surface area contributed by atoms with Crippen LogP contribution in [0.25, 0.3) is 16.8 Å². The Morgan fingerprint density at radius 3 is 2.56 bits per heavy atom. The Labute approximate surface area is 148 Å². The third-order valence-electron chi connectivity index (χ3n) is 3.47. The van der Waals surface area contributed by atoms with Crippen LogP contribution in [0.4, 0.5) is 10.1 Å². The Hall–Kier alpha value is -3.17. The summed E-state index contributed by atoms with van der Waals surface area (Å²) in [6, 6.07) is 15.6. The van der Waals surface area contributed by atoms with Crippen molar-refractivity contribution in [2.75, 3.05) is 12.4 Å². The van der Waals surface area contributed by atoms with E-state index in [4.69, 9.17) is 4.74 Å². The average Bonchev–Trinajstić information content (AvgIpc) is 3.14. The van der Waals surface area contributed by atoms with Crippen LogP contribution in [0.2, 0.25) is 0 Å². The second-order valence-electron chi connectivity index (χ2n) is 5.09. The van der Waals surface area contributed by atoms with Crippen LogP contribution in [-0.2, 0) is 0 Å². The molecule has 1 heterocycles. The molecule has 0 bridgehead atoms. The van der Waals surface area contributed by atoms with E-state index in [0.717, 1.165) is 17.0 Å². The van der Waals surface area contributed by atoms with Crippen molar-refractivity contribution >= 4 is 22.6 Å². The number of anilines is 1. The first-order valence-electron chi connectivity index (χ1n) is 7.42. The molecule has 25 heavy (non-hydrogen) atoms. The molecule has 0 amide bonds. The van der Waals surface area contributed by atoms with E-state index in [2.05, 4.69) is 16.4 Å². The maximum atomic E-state index is 12.9. The summed E-state index contributed by atoms with van der Waals surface area (Å²) in [4.78, 5) is 4.52. The maximum Gasteiger partial charge on any atom is 0.136 e. The molecule has 3 rings (SSSR count). The molecule has 6 heteroatoms. The van der Waals surface area contributed by atoms with Gasteiger partial charge in [0.25, 0.3) is 0 Å². The van der Waals surface area contributed by atoms with Gasteiger partial charge in [0.15, 0.2) is 0 Å². The van der Waals surface area contributed by atoms with E-state index in [-0.39, 0.29) is 5.82 Å². The van der Waals surface area contributed by atoms with Crippen LogP contribution in [0.5, 0.6) is 5.75 Å². The Bertz CT molecular complexity index is 925. The number of hydrogen-bond donors (Lipinski definition) is 1. The molecule has 0 aliphatic heterocycles. The third kappa shape index (κ3) is 4.03. The number of allylic oxidation sites excluding steroid dienone is 1. The van der Waals surface area contributed by atoms with Gasteiger partial charge in [0.05, 0.1) is 12.8 Å². The molecular formula is C19H14FN3OS. The van der Waals surface area contributed by atoms with E-state index in [1.807, 2.05) is 29.6 Å². The molecule has 0 aliphatic carbocycles. The number of methoxy groups -OCH3 is 1. The second-order valence-corrected chi connectivity index (χ2v) is 5.95. The number of halogens is 1. The number of nitrogens with one attached hydrogen (secondary N) is 1. The van der Waals surface area contributed by atoms with Crippen LogP contribution in [0, 0.1) is 17.1 Å². The predicted octanol–water partition coefficient (Wildman–Crippen LogP) is 4.93. The normalized spacial score (nSPS) is 11.0. The third-order valence-corrected chi connectivity index (χ3v) is 4.34. The summed E-state index contributed by atoms with van der Waals surface area (Å²) in [5, 5.41) is 14.9. The maximum absolute atomic E-state index is 12.9. The number of aromatic nitrogens is 1. The van der Waals surface area contributed by atoms with E-state index in [9.17, 15) is 9.65 Å². The van der Waals surface area contributed by atoms with Crippen molar-refractivity contribution in [3.8, 4) is 23.1 Å². The van der Waals surface area contributed by atoms with Gasteiger partial charge in [-0.25, -0.2) is 9.37 Å². The molecule has 1 N–H and O–H groups in total. The summed E-state index contributed by atoms with van der Waals surface area (Å²) in [5.74, 6) is 0.472. The van der Waals surface area contributed by atoms with Crippen molar-refractivity contribution in [1.82, 2.24) is 4.98 Å². The molecule has 0 unspecified atom stereocenters. The highest BCUT2D eigenvalue weighted by atomic mass is 32.1. The monoisotopic (exact) mass is 351 g/mol. The Morgan fingerprint density at radius 1 is 1.20 bits per heavy atom. The van der Waals surface area contributed by atoms with Gasteiger partial charge in [0, 0.05) is 22.8 Å². The Kier molecular flexibility index (Phi) is 5.07. The van der Waals surface area contributed by atoms with Crippen LogP contribution >= 0.6 is 11.3 Å². The molecule has 0 saturated heterocycles. The highest BCUT2D eigenvalue weighted by Gasteiger charge is 2.09. The van der Waals surface area contributed by atoms with Crippen molar-refractivity contribution < 1.29 is 9.13 Å². The first kappa shape index (κ1) is 16.7. The molecule has 2 aromatic carbocycles. The molecular weight excluding hydrogens is 337 g/mol. The molecule has 0 saturated carbocycles. The van der Waals surface area contributed by atoms with Crippen molar-refractivity contribution in [2.24, 2.45) is 0 Å². The highest BCUT2D eigenvalue weighted by molar-refractivity contribution is 7.11. The first-order valence-corrected chi connectivity index (χ1v) is 8.30. The smallest absolute Gasteiger partial charge is 0.136 e. The van der Waals surface area contributed by atoms with E-state index < -0.39 is 0 Å². The summed E-state index contributed by atoms with van der Waals surface area (Å²) >= 11 is 1.39. The van der Waals surface area contributed by atoms with Gasteiger partial charge in [-0.05, 0) is 48.5 Å². The van der Waals surface area contributed by atoms with E-state index in [1.165, 1.54) is 23.5 Å². The fourth-order valence-electron chi connectivity index (χ4n) is 2.14. The van der Waals surface area contributed by atoms with Crippen LogP contribution in [0.15, 0.2) is 60.1 Å². The average molecular weight is 351 g/mol. The summed E-state index contributed by atoms with van der Waals surface area (Å²) in [7, 11) is 1.62. The zero-order chi connectivity index (χ0) is 17.6. The van der Waals surface area contributed by atoms with E-state index in [0.29, 0.717) is 16.3 Å². The predicted molar refractivity (Wildman–Crippen MR) is 97.7 cm³/mol. The summed E-state index contributed by atoms with van der Waals surface area (Å²) in [6.45, 7) is 0. The molecule has 3 aromatic rings. The number of ether oxygens (including phenoxy) is 1. The first-order chi connectivity index (χ1) is 12.2. The molecule has 4 nitrogen and oxygen atoms in total. The van der Waals surface area contributed by atoms with Gasteiger partial charge in [-0.1, -0.05) is 0 Å². The molecule has 1 aromatic heterocycles. The lowest BCUT2D eigenvalue weighted by Gasteiger charge is -2.01. The van der Waals surface area contributed by atoms with Crippen molar-refractivity contribution in [3.05, 3.63) is 70.9 Å². The number of nitrogens with zero attached hydrogens (tertiary/aromatic N) is 2. The lowest BCUT2D eigenvalue weighted by molar-refractivity contribution is 0.415. The van der Waals surface area contributed by atoms with Crippen LogP contribution in [0.1, 0.15) is 5.01 Å². The summed E-state index contributed by atoms with van der Waals surface area (Å²) < 4.78 is 18.1. The van der Waals surface area contributed by atoms with Crippen LogP contribution in [-0.4, -0.2) is 12.1 Å². The van der Waals surface area contributed by atoms with Gasteiger partial charge in [-0.2, -0.15) is 5.26 Å². The fraction of sp³-hybridized carbons (Fsp3) is 0.0526. The molecule has 0 aliphatic rings. The van der Waals surface area contributed by atoms with Crippen LogP contribution < -0.4 is 10.1 Å². The number of rotatable bonds is 5. The van der Waals surface area contributed by atoms with Crippen molar-refractivity contribution in [1.29, 1.82) is 5.26 Å². The van der Waals surface area contributed by atoms with Gasteiger partial charge in [-0.15, -0.1) is 11.3 Å². The highest BCUT2D eigenvalue weighted by Crippen LogP contribution is 2.27. The minimum Gasteiger partial charge on any atom is -0.497 e. The number of benzene rings is 2. The Morgan fingerprint density at radius 2 is 1.92 bits per heavy atom. The number of thiazole rings is 1. The van der Waals surface area contributed by atoms with Gasteiger partial charge < -0.3 is 10.1 Å². The lowest BCUT2D eigenvalue weighted by Crippen LogP contribution is -1.91. The zero-order valence-electron chi connectivity index (χ0n) is 13.4. The zero-order valence-corrected chi connectivity index (χ0v) is 14.2. The molecule has 0 fully saturated rings. The van der Waals surface area contributed by atoms with Crippen molar-refractivity contribution in [3.63, 3.8) is 0 Å². The second kappa shape index (κ2) is 7.60. The number of hydrogen-bond acceptors (Lipinski definition) is 5. The van der Waals surface area contributed by atoms with E-state index in [1.54, 1.807) is 25.4 Å². The van der Waals surface area contributed by atoms with E-state index >= 15 is 0 Å². The van der Waals surface area contributed by atoms with Gasteiger partial charge in [0.1, 0.15) is 28.2 Å². The van der Waals surface area contributed by atoms with Gasteiger partial charge in [0.2, 0.25) is 0 Å².